The third kappa shape index (κ3) is 2.86. The van der Waals surface area contributed by atoms with Gasteiger partial charge in [-0.25, -0.2) is 9.18 Å². The SMILES string of the molecule is CCc1cc(C2(N)CC[N+](CC)(CCO)[C@@H]2C(=O)O)ccc1F. The number of likely N-dealkylation sites (tertiary alicyclic amines) is 1. The van der Waals surface area contributed by atoms with Gasteiger partial charge in [0.1, 0.15) is 17.9 Å². The summed E-state index contributed by atoms with van der Waals surface area (Å²) in [6.45, 7) is 5.21. The third-order valence-corrected chi connectivity index (χ3v) is 5.38. The molecule has 1 aliphatic heterocycles. The summed E-state index contributed by atoms with van der Waals surface area (Å²) in [5.74, 6) is -1.26. The zero-order valence-electron chi connectivity index (χ0n) is 13.8. The van der Waals surface area contributed by atoms with E-state index in [4.69, 9.17) is 5.73 Å². The Morgan fingerprint density at radius 3 is 2.70 bits per heavy atom. The Balaban J connectivity index is 2.53. The average Bonchev–Trinajstić information content (AvgIpc) is 2.82. The molecule has 128 valence electrons. The molecule has 5 nitrogen and oxygen atoms in total. The van der Waals surface area contributed by atoms with Gasteiger partial charge in [0.05, 0.1) is 19.7 Å². The summed E-state index contributed by atoms with van der Waals surface area (Å²) in [6.07, 6.45) is 1.02. The molecule has 2 unspecified atom stereocenters. The Hall–Kier alpha value is -1.50. The van der Waals surface area contributed by atoms with Crippen LogP contribution in [0.3, 0.4) is 0 Å². The van der Waals surface area contributed by atoms with Crippen LogP contribution in [0, 0.1) is 5.82 Å². The number of halogens is 1. The van der Waals surface area contributed by atoms with Crippen molar-refractivity contribution >= 4 is 5.97 Å². The number of likely N-dealkylation sites (N-methyl/N-ethyl adjacent to an activating group) is 1. The van der Waals surface area contributed by atoms with Gasteiger partial charge >= 0.3 is 5.97 Å². The summed E-state index contributed by atoms with van der Waals surface area (Å²) in [4.78, 5) is 12.0. The van der Waals surface area contributed by atoms with Crippen molar-refractivity contribution in [1.29, 1.82) is 0 Å². The molecule has 0 radical (unpaired) electrons. The number of rotatable bonds is 6. The van der Waals surface area contributed by atoms with Crippen LogP contribution in [-0.4, -0.2) is 52.9 Å². The summed E-state index contributed by atoms with van der Waals surface area (Å²) in [5.41, 5.74) is 6.72. The van der Waals surface area contributed by atoms with Crippen molar-refractivity contribution in [1.82, 2.24) is 0 Å². The third-order valence-electron chi connectivity index (χ3n) is 5.38. The van der Waals surface area contributed by atoms with Crippen LogP contribution in [0.15, 0.2) is 18.2 Å². The predicted molar refractivity (Wildman–Crippen MR) is 85.3 cm³/mol. The molecule has 0 aliphatic carbocycles. The average molecular weight is 325 g/mol. The Labute approximate surface area is 136 Å². The molecule has 23 heavy (non-hydrogen) atoms. The van der Waals surface area contributed by atoms with E-state index in [1.807, 2.05) is 13.8 Å². The Morgan fingerprint density at radius 1 is 1.48 bits per heavy atom. The number of aliphatic carboxylic acids is 1. The van der Waals surface area contributed by atoms with Crippen molar-refractivity contribution in [2.75, 3.05) is 26.2 Å². The Bertz CT molecular complexity index is 595. The van der Waals surface area contributed by atoms with Crippen molar-refractivity contribution in [2.45, 2.75) is 38.3 Å². The van der Waals surface area contributed by atoms with Gasteiger partial charge in [0.25, 0.3) is 0 Å². The van der Waals surface area contributed by atoms with Crippen molar-refractivity contribution in [2.24, 2.45) is 5.73 Å². The number of carbonyl (C=O) groups is 1. The molecule has 1 heterocycles. The van der Waals surface area contributed by atoms with E-state index in [1.54, 1.807) is 12.1 Å². The van der Waals surface area contributed by atoms with Crippen LogP contribution in [0.4, 0.5) is 4.39 Å². The second-order valence-electron chi connectivity index (χ2n) is 6.40. The van der Waals surface area contributed by atoms with E-state index in [-0.39, 0.29) is 16.9 Å². The maximum absolute atomic E-state index is 13.8. The van der Waals surface area contributed by atoms with E-state index in [9.17, 15) is 19.4 Å². The second kappa shape index (κ2) is 6.55. The number of hydrogen-bond donors (Lipinski definition) is 3. The largest absolute Gasteiger partial charge is 0.477 e. The highest BCUT2D eigenvalue weighted by molar-refractivity contribution is 5.75. The molecule has 1 aliphatic rings. The number of hydrogen-bond acceptors (Lipinski definition) is 3. The van der Waals surface area contributed by atoms with E-state index in [0.29, 0.717) is 43.6 Å². The van der Waals surface area contributed by atoms with Crippen LogP contribution >= 0.6 is 0 Å². The summed E-state index contributed by atoms with van der Waals surface area (Å²) in [7, 11) is 0. The van der Waals surface area contributed by atoms with E-state index < -0.39 is 17.6 Å². The van der Waals surface area contributed by atoms with Gasteiger partial charge in [-0.15, -0.1) is 0 Å². The fraction of sp³-hybridized carbons (Fsp3) is 0.588. The number of nitrogens with zero attached hydrogens (tertiary/aromatic N) is 1. The van der Waals surface area contributed by atoms with Gasteiger partial charge in [0.15, 0.2) is 0 Å². The van der Waals surface area contributed by atoms with Crippen molar-refractivity contribution in [3.63, 3.8) is 0 Å². The number of aliphatic hydroxyl groups is 1. The standard InChI is InChI=1S/C17H25FN2O3/c1-3-12-11-13(5-6-14(12)18)17(19)7-8-20(4-2,9-10-21)15(17)16(22)23/h5-6,11,15,21H,3-4,7-10,19H2,1-2H3/p+1/t15-,17?,20?/m1/s1. The summed E-state index contributed by atoms with van der Waals surface area (Å²) < 4.78 is 14.0. The lowest BCUT2D eigenvalue weighted by Crippen LogP contribution is -2.63. The number of aliphatic hydroxyl groups excluding tert-OH is 1. The molecule has 0 amide bonds. The lowest BCUT2D eigenvalue weighted by atomic mass is 9.82. The van der Waals surface area contributed by atoms with Gasteiger partial charge in [-0.2, -0.15) is 0 Å². The van der Waals surface area contributed by atoms with E-state index >= 15 is 0 Å². The predicted octanol–water partition coefficient (Wildman–Crippen LogP) is 1.23. The second-order valence-corrected chi connectivity index (χ2v) is 6.40. The zero-order valence-corrected chi connectivity index (χ0v) is 13.8. The molecule has 1 fully saturated rings. The number of carboxylic acids is 1. The van der Waals surface area contributed by atoms with Gasteiger partial charge in [-0.1, -0.05) is 19.1 Å². The van der Waals surface area contributed by atoms with Gasteiger partial charge in [-0.05, 0) is 30.5 Å². The summed E-state index contributed by atoms with van der Waals surface area (Å²) >= 11 is 0. The number of benzene rings is 1. The zero-order chi connectivity index (χ0) is 17.3. The molecule has 1 aromatic rings. The van der Waals surface area contributed by atoms with Gasteiger partial charge in [0.2, 0.25) is 6.04 Å². The van der Waals surface area contributed by atoms with Crippen LogP contribution in [0.1, 0.15) is 31.4 Å². The van der Waals surface area contributed by atoms with Crippen molar-refractivity contribution in [3.05, 3.63) is 35.1 Å². The minimum absolute atomic E-state index is 0.0860. The van der Waals surface area contributed by atoms with Crippen molar-refractivity contribution < 1.29 is 23.9 Å². The number of quaternary nitrogens is 1. The molecule has 0 bridgehead atoms. The summed E-state index contributed by atoms with van der Waals surface area (Å²) in [5, 5.41) is 19.2. The first-order chi connectivity index (χ1) is 10.8. The number of nitrogens with two attached hydrogens (primary N) is 1. The molecule has 2 rings (SSSR count). The van der Waals surface area contributed by atoms with Gasteiger partial charge in [-0.3, -0.25) is 0 Å². The van der Waals surface area contributed by atoms with Crippen LogP contribution in [0.5, 0.6) is 0 Å². The minimum Gasteiger partial charge on any atom is -0.477 e. The molecule has 3 atom stereocenters. The molecular weight excluding hydrogens is 299 g/mol. The highest BCUT2D eigenvalue weighted by atomic mass is 19.1. The van der Waals surface area contributed by atoms with Crippen LogP contribution in [0.25, 0.3) is 0 Å². The monoisotopic (exact) mass is 325 g/mol. The summed E-state index contributed by atoms with van der Waals surface area (Å²) in [6, 6.07) is 3.81. The highest BCUT2D eigenvalue weighted by Gasteiger charge is 2.59. The molecule has 6 heteroatoms. The number of aryl methyl sites for hydroxylation is 1. The molecule has 0 aromatic heterocycles. The Morgan fingerprint density at radius 2 is 2.17 bits per heavy atom. The van der Waals surface area contributed by atoms with Gasteiger partial charge < -0.3 is 20.4 Å². The first-order valence-corrected chi connectivity index (χ1v) is 8.12. The van der Waals surface area contributed by atoms with E-state index in [1.165, 1.54) is 6.07 Å². The molecule has 1 saturated heterocycles. The smallest absolute Gasteiger partial charge is 0.364 e. The molecule has 1 aromatic carbocycles. The fourth-order valence-corrected chi connectivity index (χ4v) is 3.99. The highest BCUT2D eigenvalue weighted by Crippen LogP contribution is 2.41. The van der Waals surface area contributed by atoms with Crippen LogP contribution < -0.4 is 5.73 Å². The first-order valence-electron chi connectivity index (χ1n) is 8.12. The topological polar surface area (TPSA) is 83.5 Å². The van der Waals surface area contributed by atoms with Crippen LogP contribution in [0.2, 0.25) is 0 Å². The van der Waals surface area contributed by atoms with E-state index in [2.05, 4.69) is 0 Å². The normalized spacial score (nSPS) is 30.6. The van der Waals surface area contributed by atoms with Crippen LogP contribution in [-0.2, 0) is 16.8 Å². The van der Waals surface area contributed by atoms with E-state index in [0.717, 1.165) is 0 Å². The Kier molecular flexibility index (Phi) is 5.08. The molecular formula is C17H26FN2O3+. The molecule has 0 spiro atoms. The lowest BCUT2D eigenvalue weighted by Gasteiger charge is -2.40. The quantitative estimate of drug-likeness (QED) is 0.687. The number of carboxylic acid groups (broad SMARTS) is 1. The van der Waals surface area contributed by atoms with Gasteiger partial charge in [0, 0.05) is 6.42 Å². The lowest BCUT2D eigenvalue weighted by molar-refractivity contribution is -0.932. The maximum atomic E-state index is 13.8. The minimum atomic E-state index is -1.06. The molecule has 4 N–H and O–H groups in total. The fourth-order valence-electron chi connectivity index (χ4n) is 3.99. The van der Waals surface area contributed by atoms with Crippen molar-refractivity contribution in [3.8, 4) is 0 Å². The maximum Gasteiger partial charge on any atom is 0.364 e. The molecule has 0 saturated carbocycles. The first kappa shape index (κ1) is 17.8.